The van der Waals surface area contributed by atoms with Crippen LogP contribution in [0, 0.1) is 0 Å². The summed E-state index contributed by atoms with van der Waals surface area (Å²) in [6, 6.07) is 0. The number of rotatable bonds is 3. The number of carbonyl (C=O) groups excluding carboxylic acids is 1. The molecule has 0 radical (unpaired) electrons. The fraction of sp³-hybridized carbons (Fsp3) is 0.750. The first-order valence-corrected chi connectivity index (χ1v) is 4.58. The van der Waals surface area contributed by atoms with Gasteiger partial charge in [0.05, 0.1) is 11.6 Å². The van der Waals surface area contributed by atoms with Crippen LogP contribution in [0.2, 0.25) is 0 Å². The van der Waals surface area contributed by atoms with E-state index in [-0.39, 0.29) is 5.97 Å². The van der Waals surface area contributed by atoms with Crippen molar-refractivity contribution in [3.8, 4) is 0 Å². The minimum absolute atomic E-state index is 0.179. The molecule has 0 aliphatic carbocycles. The quantitative estimate of drug-likeness (QED) is 0.486. The number of nitrogens with zero attached hydrogens (tertiary/aromatic N) is 1. The van der Waals surface area contributed by atoms with Gasteiger partial charge >= 0.3 is 5.97 Å². The number of esters is 1. The zero-order valence-corrected chi connectivity index (χ0v) is 8.02. The molecule has 3 nitrogen and oxygen atoms in total. The molecule has 0 aromatic heterocycles. The molecular formula is C8H13NO2S. The summed E-state index contributed by atoms with van der Waals surface area (Å²) in [5.74, 6) is -0.179. The monoisotopic (exact) mass is 187 g/mol. The maximum absolute atomic E-state index is 11.0. The molecule has 0 bridgehead atoms. The average molecular weight is 187 g/mol. The zero-order valence-electron chi connectivity index (χ0n) is 7.21. The summed E-state index contributed by atoms with van der Waals surface area (Å²) >= 11 is 5.06. The van der Waals surface area contributed by atoms with E-state index in [2.05, 4.69) is 0 Å². The average Bonchev–Trinajstić information content (AvgIpc) is 2.37. The van der Waals surface area contributed by atoms with Gasteiger partial charge in [0, 0.05) is 6.54 Å². The highest BCUT2D eigenvalue weighted by Crippen LogP contribution is 2.10. The van der Waals surface area contributed by atoms with Gasteiger partial charge in [0.1, 0.15) is 6.54 Å². The van der Waals surface area contributed by atoms with Crippen molar-refractivity contribution >= 4 is 23.2 Å². The van der Waals surface area contributed by atoms with Crippen LogP contribution < -0.4 is 0 Å². The lowest BCUT2D eigenvalue weighted by Gasteiger charge is -2.15. The molecule has 0 unspecified atom stereocenters. The summed E-state index contributed by atoms with van der Waals surface area (Å²) in [6.07, 6.45) is 2.01. The van der Waals surface area contributed by atoms with Crippen LogP contribution in [0.3, 0.4) is 0 Å². The number of thiocarbonyl (C=S) groups is 1. The summed E-state index contributed by atoms with van der Waals surface area (Å²) in [4.78, 5) is 13.8. The van der Waals surface area contributed by atoms with E-state index in [0.29, 0.717) is 13.2 Å². The minimum Gasteiger partial charge on any atom is -0.465 e. The highest BCUT2D eigenvalue weighted by atomic mass is 32.1. The van der Waals surface area contributed by atoms with E-state index in [0.717, 1.165) is 24.4 Å². The van der Waals surface area contributed by atoms with Gasteiger partial charge in [0.25, 0.3) is 0 Å². The van der Waals surface area contributed by atoms with Gasteiger partial charge in [0.15, 0.2) is 0 Å². The molecule has 0 aromatic rings. The van der Waals surface area contributed by atoms with Crippen molar-refractivity contribution in [3.63, 3.8) is 0 Å². The molecule has 1 aliphatic rings. The Bertz CT molecular complexity index is 193. The van der Waals surface area contributed by atoms with Gasteiger partial charge in [-0.15, -0.1) is 0 Å². The Morgan fingerprint density at radius 1 is 1.75 bits per heavy atom. The van der Waals surface area contributed by atoms with E-state index in [9.17, 15) is 4.79 Å². The van der Waals surface area contributed by atoms with E-state index in [1.165, 1.54) is 0 Å². The van der Waals surface area contributed by atoms with Crippen molar-refractivity contribution in [2.75, 3.05) is 19.7 Å². The van der Waals surface area contributed by atoms with E-state index in [1.54, 1.807) is 6.92 Å². The van der Waals surface area contributed by atoms with Gasteiger partial charge in [-0.1, -0.05) is 12.2 Å². The molecule has 1 aliphatic heterocycles. The predicted molar refractivity (Wildman–Crippen MR) is 50.0 cm³/mol. The highest BCUT2D eigenvalue weighted by Gasteiger charge is 2.19. The fourth-order valence-corrected chi connectivity index (χ4v) is 1.53. The second-order valence-electron chi connectivity index (χ2n) is 2.72. The van der Waals surface area contributed by atoms with Gasteiger partial charge in [-0.05, 0) is 19.8 Å². The third-order valence-electron chi connectivity index (χ3n) is 1.80. The standard InChI is InChI=1S/C8H13NO2S/c1-2-11-8(10)6-9-5-3-4-7(9)12/h2-6H2,1H3. The molecule has 1 heterocycles. The lowest BCUT2D eigenvalue weighted by atomic mass is 10.4. The first-order chi connectivity index (χ1) is 5.74. The van der Waals surface area contributed by atoms with Crippen LogP contribution in [0.15, 0.2) is 0 Å². The predicted octanol–water partition coefficient (Wildman–Crippen LogP) is 0.973. The lowest BCUT2D eigenvalue weighted by Crippen LogP contribution is -2.30. The van der Waals surface area contributed by atoms with Crippen LogP contribution in [0.25, 0.3) is 0 Å². The molecule has 0 atom stereocenters. The number of likely N-dealkylation sites (tertiary alicyclic amines) is 1. The third-order valence-corrected chi connectivity index (χ3v) is 2.26. The smallest absolute Gasteiger partial charge is 0.325 e. The minimum atomic E-state index is -0.179. The topological polar surface area (TPSA) is 29.5 Å². The van der Waals surface area contributed by atoms with Gasteiger partial charge < -0.3 is 9.64 Å². The molecule has 0 N–H and O–H groups in total. The SMILES string of the molecule is CCOC(=O)CN1CCCC1=S. The number of ether oxygens (including phenoxy) is 1. The van der Waals surface area contributed by atoms with E-state index in [1.807, 2.05) is 4.90 Å². The van der Waals surface area contributed by atoms with Crippen molar-refractivity contribution in [1.82, 2.24) is 4.90 Å². The molecule has 0 spiro atoms. The molecule has 1 fully saturated rings. The Hall–Kier alpha value is -0.640. The summed E-state index contributed by atoms with van der Waals surface area (Å²) < 4.78 is 4.81. The van der Waals surface area contributed by atoms with Crippen molar-refractivity contribution < 1.29 is 9.53 Å². The Morgan fingerprint density at radius 3 is 3.00 bits per heavy atom. The van der Waals surface area contributed by atoms with Crippen molar-refractivity contribution in [1.29, 1.82) is 0 Å². The van der Waals surface area contributed by atoms with Crippen LogP contribution in [-0.2, 0) is 9.53 Å². The molecule has 0 amide bonds. The third kappa shape index (κ3) is 2.44. The largest absolute Gasteiger partial charge is 0.465 e. The fourth-order valence-electron chi connectivity index (χ4n) is 1.23. The van der Waals surface area contributed by atoms with E-state index < -0.39 is 0 Å². The first kappa shape index (κ1) is 9.45. The van der Waals surface area contributed by atoms with Crippen molar-refractivity contribution in [2.45, 2.75) is 19.8 Å². The highest BCUT2D eigenvalue weighted by molar-refractivity contribution is 7.80. The maximum Gasteiger partial charge on any atom is 0.325 e. The summed E-state index contributed by atoms with van der Waals surface area (Å²) in [5, 5.41) is 0. The van der Waals surface area contributed by atoms with Crippen molar-refractivity contribution in [2.24, 2.45) is 0 Å². The van der Waals surface area contributed by atoms with Gasteiger partial charge in [-0.2, -0.15) is 0 Å². The second kappa shape index (κ2) is 4.40. The molecule has 0 saturated carbocycles. The molecule has 1 saturated heterocycles. The van der Waals surface area contributed by atoms with Crippen LogP contribution in [0.4, 0.5) is 0 Å². The Kier molecular flexibility index (Phi) is 3.47. The molecule has 12 heavy (non-hydrogen) atoms. The molecular weight excluding hydrogens is 174 g/mol. The molecule has 68 valence electrons. The molecule has 4 heteroatoms. The Morgan fingerprint density at radius 2 is 2.50 bits per heavy atom. The van der Waals surface area contributed by atoms with Crippen LogP contribution >= 0.6 is 12.2 Å². The zero-order chi connectivity index (χ0) is 8.97. The maximum atomic E-state index is 11.0. The first-order valence-electron chi connectivity index (χ1n) is 4.17. The Labute approximate surface area is 77.7 Å². The molecule has 0 aromatic carbocycles. The van der Waals surface area contributed by atoms with Crippen molar-refractivity contribution in [3.05, 3.63) is 0 Å². The van der Waals surface area contributed by atoms with Crippen LogP contribution in [0.5, 0.6) is 0 Å². The lowest BCUT2D eigenvalue weighted by molar-refractivity contribution is -0.143. The summed E-state index contributed by atoms with van der Waals surface area (Å²) in [6.45, 7) is 3.48. The number of carbonyl (C=O) groups is 1. The second-order valence-corrected chi connectivity index (χ2v) is 3.20. The van der Waals surface area contributed by atoms with Gasteiger partial charge in [-0.25, -0.2) is 0 Å². The normalized spacial score (nSPS) is 16.8. The summed E-state index contributed by atoms with van der Waals surface area (Å²) in [5.41, 5.74) is 0. The van der Waals surface area contributed by atoms with Crippen LogP contribution in [-0.4, -0.2) is 35.6 Å². The van der Waals surface area contributed by atoms with E-state index >= 15 is 0 Å². The van der Waals surface area contributed by atoms with E-state index in [4.69, 9.17) is 17.0 Å². The van der Waals surface area contributed by atoms with Crippen LogP contribution in [0.1, 0.15) is 19.8 Å². The van der Waals surface area contributed by atoms with Gasteiger partial charge in [-0.3, -0.25) is 4.79 Å². The number of hydrogen-bond donors (Lipinski definition) is 0. The Balaban J connectivity index is 2.30. The van der Waals surface area contributed by atoms with Gasteiger partial charge in [0.2, 0.25) is 0 Å². The molecule has 1 rings (SSSR count). The number of hydrogen-bond acceptors (Lipinski definition) is 3. The summed E-state index contributed by atoms with van der Waals surface area (Å²) in [7, 11) is 0.